The summed E-state index contributed by atoms with van der Waals surface area (Å²) in [6, 6.07) is 8.68. The molecule has 0 fully saturated rings. The minimum atomic E-state index is -0.551. The molecule has 5 amide bonds. The number of halogens is 1. The number of urea groups is 2. The lowest BCUT2D eigenvalue weighted by Crippen LogP contribution is -2.50. The van der Waals surface area contributed by atoms with Crippen molar-refractivity contribution in [2.75, 3.05) is 42.7 Å². The number of aryl methyl sites for hydroxylation is 2. The van der Waals surface area contributed by atoms with Crippen molar-refractivity contribution in [3.63, 3.8) is 0 Å². The van der Waals surface area contributed by atoms with Gasteiger partial charge in [-0.1, -0.05) is 12.1 Å². The van der Waals surface area contributed by atoms with Crippen molar-refractivity contribution in [1.29, 1.82) is 0 Å². The number of carbonyl (C=O) groups excluding carboxylic acids is 3. The van der Waals surface area contributed by atoms with Crippen LogP contribution in [-0.4, -0.2) is 76.9 Å². The van der Waals surface area contributed by atoms with E-state index in [1.165, 1.54) is 35.2 Å². The maximum absolute atomic E-state index is 13.7. The molecule has 2 heterocycles. The van der Waals surface area contributed by atoms with Gasteiger partial charge in [-0.15, -0.1) is 0 Å². The summed E-state index contributed by atoms with van der Waals surface area (Å²) in [5.74, 6) is -0.275. The fourth-order valence-electron chi connectivity index (χ4n) is 4.56. The van der Waals surface area contributed by atoms with Crippen LogP contribution in [0.4, 0.5) is 31.0 Å². The molecule has 13 heteroatoms. The molecule has 3 atom stereocenters. The third-order valence-electron chi connectivity index (χ3n) is 7.09. The van der Waals surface area contributed by atoms with Gasteiger partial charge in [-0.25, -0.2) is 14.0 Å². The standard InChI is InChI=1S/C29H35FN6O6/c1-16-13-36(17(2)15-37)27(38)23-12-22(31-28(39)33-26-18(3)34-42-19(26)4)10-11-24(23)41-25(16)14-35(5)29(40)32-21-8-6-20(30)7-9-21/h6-12,16-17,25,37H,13-15H2,1-5H3,(H,32,40)(H2,31,33,39)/t16-,17+,25-/m0/s1. The highest BCUT2D eigenvalue weighted by atomic mass is 19.1. The van der Waals surface area contributed by atoms with Crippen LogP contribution in [0.25, 0.3) is 0 Å². The molecule has 4 N–H and O–H groups in total. The summed E-state index contributed by atoms with van der Waals surface area (Å²) >= 11 is 0. The zero-order chi connectivity index (χ0) is 30.6. The van der Waals surface area contributed by atoms with E-state index in [0.29, 0.717) is 28.5 Å². The predicted molar refractivity (Wildman–Crippen MR) is 154 cm³/mol. The Morgan fingerprint density at radius 3 is 2.48 bits per heavy atom. The number of aromatic nitrogens is 1. The number of ether oxygens (including phenoxy) is 1. The summed E-state index contributed by atoms with van der Waals surface area (Å²) < 4.78 is 24.6. The van der Waals surface area contributed by atoms with E-state index in [1.54, 1.807) is 44.9 Å². The van der Waals surface area contributed by atoms with E-state index in [4.69, 9.17) is 9.26 Å². The van der Waals surface area contributed by atoms with Crippen LogP contribution < -0.4 is 20.7 Å². The van der Waals surface area contributed by atoms with Crippen molar-refractivity contribution in [2.24, 2.45) is 5.92 Å². The molecule has 1 aliphatic rings. The highest BCUT2D eigenvalue weighted by Gasteiger charge is 2.34. The zero-order valence-corrected chi connectivity index (χ0v) is 24.1. The Bertz CT molecular complexity index is 1430. The lowest BCUT2D eigenvalue weighted by Gasteiger charge is -2.38. The molecular weight excluding hydrogens is 547 g/mol. The fourth-order valence-corrected chi connectivity index (χ4v) is 4.56. The number of aliphatic hydroxyl groups is 1. The Balaban J connectivity index is 1.55. The van der Waals surface area contributed by atoms with Gasteiger partial charge in [0.1, 0.15) is 29.1 Å². The van der Waals surface area contributed by atoms with Gasteiger partial charge >= 0.3 is 12.1 Å². The molecule has 0 saturated heterocycles. The molecule has 224 valence electrons. The summed E-state index contributed by atoms with van der Waals surface area (Å²) in [4.78, 5) is 42.2. The maximum Gasteiger partial charge on any atom is 0.323 e. The molecule has 0 unspecified atom stereocenters. The summed E-state index contributed by atoms with van der Waals surface area (Å²) in [7, 11) is 1.61. The molecule has 2 aromatic carbocycles. The Kier molecular flexibility index (Phi) is 9.31. The second kappa shape index (κ2) is 12.9. The number of amides is 5. The average Bonchev–Trinajstić information content (AvgIpc) is 3.27. The first-order valence-electron chi connectivity index (χ1n) is 13.5. The minimum Gasteiger partial charge on any atom is -0.487 e. The van der Waals surface area contributed by atoms with Gasteiger partial charge in [-0.3, -0.25) is 4.79 Å². The number of nitrogens with zero attached hydrogens (tertiary/aromatic N) is 3. The van der Waals surface area contributed by atoms with Crippen molar-refractivity contribution in [2.45, 2.75) is 39.8 Å². The van der Waals surface area contributed by atoms with E-state index in [0.717, 1.165) is 0 Å². The van der Waals surface area contributed by atoms with E-state index in [9.17, 15) is 23.9 Å². The first-order valence-corrected chi connectivity index (χ1v) is 13.5. The molecule has 3 aromatic rings. The van der Waals surface area contributed by atoms with Crippen molar-refractivity contribution < 1.29 is 33.1 Å². The molecule has 12 nitrogen and oxygen atoms in total. The quantitative estimate of drug-likeness (QED) is 0.321. The number of rotatable bonds is 7. The summed E-state index contributed by atoms with van der Waals surface area (Å²) in [5, 5.41) is 21.8. The topological polar surface area (TPSA) is 149 Å². The average molecular weight is 583 g/mol. The third-order valence-corrected chi connectivity index (χ3v) is 7.09. The molecule has 0 spiro atoms. The number of carbonyl (C=O) groups is 3. The summed E-state index contributed by atoms with van der Waals surface area (Å²) in [6.07, 6.45) is -0.532. The molecule has 0 aliphatic carbocycles. The Hall–Kier alpha value is -4.65. The van der Waals surface area contributed by atoms with E-state index < -0.39 is 30.0 Å². The van der Waals surface area contributed by atoms with E-state index in [1.807, 2.05) is 6.92 Å². The van der Waals surface area contributed by atoms with Gasteiger partial charge in [0.25, 0.3) is 5.91 Å². The Morgan fingerprint density at radius 1 is 1.14 bits per heavy atom. The number of fused-ring (bicyclic) bond motifs is 1. The SMILES string of the molecule is Cc1noc(C)c1NC(=O)Nc1ccc2c(c1)C(=O)N([C@H](C)CO)C[C@H](C)[C@H](CN(C)C(=O)Nc1ccc(F)cc1)O2. The zero-order valence-electron chi connectivity index (χ0n) is 24.1. The first-order chi connectivity index (χ1) is 20.0. The van der Waals surface area contributed by atoms with Crippen LogP contribution in [0.1, 0.15) is 35.7 Å². The second-order valence-electron chi connectivity index (χ2n) is 10.4. The van der Waals surface area contributed by atoms with Crippen LogP contribution in [0, 0.1) is 25.6 Å². The lowest BCUT2D eigenvalue weighted by atomic mass is 9.99. The minimum absolute atomic E-state index is 0.170. The van der Waals surface area contributed by atoms with Crippen LogP contribution >= 0.6 is 0 Å². The third kappa shape index (κ3) is 6.97. The van der Waals surface area contributed by atoms with Gasteiger partial charge in [0, 0.05) is 30.9 Å². The molecule has 1 aromatic heterocycles. The highest BCUT2D eigenvalue weighted by molar-refractivity contribution is 6.03. The highest BCUT2D eigenvalue weighted by Crippen LogP contribution is 2.31. The molecule has 0 radical (unpaired) electrons. The van der Waals surface area contributed by atoms with Crippen LogP contribution in [0.2, 0.25) is 0 Å². The number of likely N-dealkylation sites (N-methyl/N-ethyl adjacent to an activating group) is 1. The van der Waals surface area contributed by atoms with Crippen LogP contribution in [-0.2, 0) is 0 Å². The smallest absolute Gasteiger partial charge is 0.323 e. The number of anilines is 3. The Morgan fingerprint density at radius 2 is 1.83 bits per heavy atom. The lowest BCUT2D eigenvalue weighted by molar-refractivity contribution is 0.0371. The first kappa shape index (κ1) is 30.3. The van der Waals surface area contributed by atoms with Gasteiger partial charge in [0.2, 0.25) is 0 Å². The number of nitrogens with one attached hydrogen (secondary N) is 3. The summed E-state index contributed by atoms with van der Waals surface area (Å²) in [5.41, 5.74) is 1.95. The van der Waals surface area contributed by atoms with Crippen molar-refractivity contribution >= 4 is 35.0 Å². The van der Waals surface area contributed by atoms with Crippen LogP contribution in [0.5, 0.6) is 5.75 Å². The van der Waals surface area contributed by atoms with Crippen molar-refractivity contribution in [3.8, 4) is 5.75 Å². The van der Waals surface area contributed by atoms with E-state index in [2.05, 4.69) is 21.1 Å². The normalized spacial score (nSPS) is 17.3. The number of benzene rings is 2. The van der Waals surface area contributed by atoms with Gasteiger partial charge in [-0.2, -0.15) is 0 Å². The van der Waals surface area contributed by atoms with Gasteiger partial charge < -0.3 is 40.1 Å². The molecule has 1 aliphatic heterocycles. The van der Waals surface area contributed by atoms with Crippen LogP contribution in [0.3, 0.4) is 0 Å². The Labute approximate surface area is 242 Å². The van der Waals surface area contributed by atoms with Crippen LogP contribution in [0.15, 0.2) is 47.0 Å². The number of aliphatic hydroxyl groups excluding tert-OH is 1. The molecule has 4 rings (SSSR count). The number of hydrogen-bond donors (Lipinski definition) is 4. The van der Waals surface area contributed by atoms with Crippen molar-refractivity contribution in [3.05, 3.63) is 65.3 Å². The molecular formula is C29H35FN6O6. The number of hydrogen-bond acceptors (Lipinski definition) is 7. The van der Waals surface area contributed by atoms with Gasteiger partial charge in [-0.05, 0) is 63.2 Å². The van der Waals surface area contributed by atoms with Gasteiger partial charge in [0.15, 0.2) is 5.76 Å². The largest absolute Gasteiger partial charge is 0.487 e. The van der Waals surface area contributed by atoms with Crippen molar-refractivity contribution in [1.82, 2.24) is 15.0 Å². The second-order valence-corrected chi connectivity index (χ2v) is 10.4. The predicted octanol–water partition coefficient (Wildman–Crippen LogP) is 4.46. The summed E-state index contributed by atoms with van der Waals surface area (Å²) in [6.45, 7) is 7.19. The van der Waals surface area contributed by atoms with Gasteiger partial charge in [0.05, 0.1) is 24.8 Å². The maximum atomic E-state index is 13.7. The fraction of sp³-hybridized carbons (Fsp3) is 0.379. The monoisotopic (exact) mass is 582 g/mol. The van der Waals surface area contributed by atoms with E-state index in [-0.39, 0.29) is 42.8 Å². The molecule has 0 bridgehead atoms. The molecule has 0 saturated carbocycles. The molecule has 42 heavy (non-hydrogen) atoms. The van der Waals surface area contributed by atoms with E-state index >= 15 is 0 Å².